The molecule has 1 aliphatic heterocycles. The first-order chi connectivity index (χ1) is 10.1. The molecule has 0 spiro atoms. The van der Waals surface area contributed by atoms with Crippen LogP contribution in [-0.2, 0) is 16.6 Å². The predicted octanol–water partition coefficient (Wildman–Crippen LogP) is 3.17. The molecule has 0 saturated heterocycles. The van der Waals surface area contributed by atoms with Gasteiger partial charge in [-0.1, -0.05) is 30.3 Å². The first-order valence-electron chi connectivity index (χ1n) is 6.82. The van der Waals surface area contributed by atoms with E-state index >= 15 is 0 Å². The van der Waals surface area contributed by atoms with Crippen molar-refractivity contribution in [1.82, 2.24) is 0 Å². The Morgan fingerprint density at radius 2 is 1.90 bits per heavy atom. The highest BCUT2D eigenvalue weighted by molar-refractivity contribution is 5.83. The van der Waals surface area contributed by atoms with E-state index in [2.05, 4.69) is 0 Å². The first kappa shape index (κ1) is 13.6. The van der Waals surface area contributed by atoms with E-state index < -0.39 is 11.4 Å². The van der Waals surface area contributed by atoms with Gasteiger partial charge in [0.2, 0.25) is 0 Å². The molecule has 0 aliphatic carbocycles. The number of carboxylic acid groups (broad SMARTS) is 1. The zero-order chi connectivity index (χ0) is 14.9. The highest BCUT2D eigenvalue weighted by Crippen LogP contribution is 2.41. The van der Waals surface area contributed by atoms with Crippen molar-refractivity contribution < 1.29 is 19.0 Å². The summed E-state index contributed by atoms with van der Waals surface area (Å²) in [5, 5.41) is 9.82. The molecule has 2 aromatic carbocycles. The molecule has 1 N–H and O–H groups in total. The molecule has 1 aliphatic rings. The average Bonchev–Trinajstić information content (AvgIpc) is 2.50. The predicted molar refractivity (Wildman–Crippen MR) is 76.0 cm³/mol. The maximum Gasteiger partial charge on any atom is 0.314 e. The van der Waals surface area contributed by atoms with Crippen LogP contribution in [0.3, 0.4) is 0 Å². The van der Waals surface area contributed by atoms with Gasteiger partial charge >= 0.3 is 5.97 Å². The van der Waals surface area contributed by atoms with Crippen LogP contribution < -0.4 is 4.74 Å². The zero-order valence-electron chi connectivity index (χ0n) is 11.4. The molecule has 0 fully saturated rings. The van der Waals surface area contributed by atoms with Crippen LogP contribution in [-0.4, -0.2) is 17.7 Å². The van der Waals surface area contributed by atoms with Crippen LogP contribution in [0.2, 0.25) is 0 Å². The van der Waals surface area contributed by atoms with E-state index in [9.17, 15) is 14.3 Å². The van der Waals surface area contributed by atoms with Crippen molar-refractivity contribution in [2.75, 3.05) is 6.61 Å². The minimum absolute atomic E-state index is 0.322. The summed E-state index contributed by atoms with van der Waals surface area (Å²) in [6.07, 6.45) is 0.722. The number of para-hydroxylation sites is 1. The molecular formula is C17H15FO3. The SMILES string of the molecule is O=C(O)C1(Cc2ccc(F)cc2)CCOc2ccccc21. The number of halogens is 1. The highest BCUT2D eigenvalue weighted by atomic mass is 19.1. The lowest BCUT2D eigenvalue weighted by Gasteiger charge is -2.35. The number of hydrogen-bond acceptors (Lipinski definition) is 2. The van der Waals surface area contributed by atoms with E-state index in [1.54, 1.807) is 24.3 Å². The van der Waals surface area contributed by atoms with Crippen LogP contribution in [0.1, 0.15) is 17.5 Å². The minimum atomic E-state index is -1.02. The summed E-state index contributed by atoms with van der Waals surface area (Å²) in [6, 6.07) is 13.2. The second-order valence-electron chi connectivity index (χ2n) is 5.29. The number of rotatable bonds is 3. The molecule has 1 heterocycles. The third-order valence-corrected chi connectivity index (χ3v) is 4.02. The van der Waals surface area contributed by atoms with E-state index in [1.807, 2.05) is 12.1 Å². The molecule has 1 unspecified atom stereocenters. The van der Waals surface area contributed by atoms with Gasteiger partial charge in [-0.3, -0.25) is 4.79 Å². The maximum absolute atomic E-state index is 13.0. The van der Waals surface area contributed by atoms with Crippen molar-refractivity contribution in [3.05, 3.63) is 65.5 Å². The summed E-state index contributed by atoms with van der Waals surface area (Å²) in [6.45, 7) is 0.366. The highest BCUT2D eigenvalue weighted by Gasteiger charge is 2.44. The first-order valence-corrected chi connectivity index (χ1v) is 6.82. The molecule has 1 atom stereocenters. The van der Waals surface area contributed by atoms with Crippen molar-refractivity contribution in [2.45, 2.75) is 18.3 Å². The standard InChI is InChI=1S/C17H15FO3/c18-13-7-5-12(6-8-13)11-17(16(19)20)9-10-21-15-4-2-1-3-14(15)17/h1-8H,9-11H2,(H,19,20). The molecule has 0 amide bonds. The van der Waals surface area contributed by atoms with Gasteiger partial charge in [-0.25, -0.2) is 4.39 Å². The zero-order valence-corrected chi connectivity index (χ0v) is 11.4. The van der Waals surface area contributed by atoms with Gasteiger partial charge in [0.1, 0.15) is 17.0 Å². The van der Waals surface area contributed by atoms with E-state index in [0.29, 0.717) is 30.8 Å². The van der Waals surface area contributed by atoms with Crippen LogP contribution >= 0.6 is 0 Å². The second kappa shape index (κ2) is 5.20. The summed E-state index contributed by atoms with van der Waals surface area (Å²) in [5.41, 5.74) is 0.468. The van der Waals surface area contributed by atoms with Gasteiger partial charge in [-0.2, -0.15) is 0 Å². The van der Waals surface area contributed by atoms with Crippen LogP contribution in [0, 0.1) is 5.82 Å². The fraction of sp³-hybridized carbons (Fsp3) is 0.235. The Bertz CT molecular complexity index is 666. The number of hydrogen-bond donors (Lipinski definition) is 1. The normalized spacial score (nSPS) is 20.4. The number of carboxylic acids is 1. The van der Waals surface area contributed by atoms with Gasteiger partial charge in [-0.15, -0.1) is 0 Å². The Hall–Kier alpha value is -2.36. The molecule has 4 heteroatoms. The summed E-state index contributed by atoms with van der Waals surface area (Å²) >= 11 is 0. The molecular weight excluding hydrogens is 271 g/mol. The van der Waals surface area contributed by atoms with Gasteiger partial charge in [0.25, 0.3) is 0 Å². The molecule has 0 aromatic heterocycles. The largest absolute Gasteiger partial charge is 0.493 e. The molecule has 0 saturated carbocycles. The maximum atomic E-state index is 13.0. The quantitative estimate of drug-likeness (QED) is 0.942. The Labute approximate surface area is 122 Å². The summed E-state index contributed by atoms with van der Waals surface area (Å²) in [4.78, 5) is 12.0. The van der Waals surface area contributed by atoms with Crippen LogP contribution in [0.15, 0.2) is 48.5 Å². The Morgan fingerprint density at radius 1 is 1.19 bits per heavy atom. The Balaban J connectivity index is 2.05. The molecule has 3 nitrogen and oxygen atoms in total. The number of aliphatic carboxylic acids is 1. The Morgan fingerprint density at radius 3 is 2.62 bits per heavy atom. The lowest BCUT2D eigenvalue weighted by atomic mass is 9.72. The number of carbonyl (C=O) groups is 1. The lowest BCUT2D eigenvalue weighted by Crippen LogP contribution is -2.42. The topological polar surface area (TPSA) is 46.5 Å². The van der Waals surface area contributed by atoms with E-state index in [-0.39, 0.29) is 5.82 Å². The van der Waals surface area contributed by atoms with Crippen molar-refractivity contribution in [1.29, 1.82) is 0 Å². The third kappa shape index (κ3) is 2.37. The average molecular weight is 286 g/mol. The number of fused-ring (bicyclic) bond motifs is 1. The number of ether oxygens (including phenoxy) is 1. The second-order valence-corrected chi connectivity index (χ2v) is 5.29. The van der Waals surface area contributed by atoms with Crippen LogP contribution in [0.4, 0.5) is 4.39 Å². The monoisotopic (exact) mass is 286 g/mol. The van der Waals surface area contributed by atoms with Gasteiger partial charge < -0.3 is 9.84 Å². The van der Waals surface area contributed by atoms with E-state index in [1.165, 1.54) is 12.1 Å². The van der Waals surface area contributed by atoms with Crippen molar-refractivity contribution in [2.24, 2.45) is 0 Å². The van der Waals surface area contributed by atoms with Crippen LogP contribution in [0.5, 0.6) is 5.75 Å². The number of benzene rings is 2. The van der Waals surface area contributed by atoms with Gasteiger partial charge in [-0.05, 0) is 30.2 Å². The fourth-order valence-electron chi connectivity index (χ4n) is 2.89. The molecule has 108 valence electrons. The summed E-state index contributed by atoms with van der Waals surface area (Å²) in [7, 11) is 0. The van der Waals surface area contributed by atoms with Gasteiger partial charge in [0.05, 0.1) is 6.61 Å². The smallest absolute Gasteiger partial charge is 0.314 e. The third-order valence-electron chi connectivity index (χ3n) is 4.02. The van der Waals surface area contributed by atoms with Crippen molar-refractivity contribution in [3.63, 3.8) is 0 Å². The molecule has 0 bridgehead atoms. The van der Waals surface area contributed by atoms with Gasteiger partial charge in [0.15, 0.2) is 0 Å². The van der Waals surface area contributed by atoms with E-state index in [4.69, 9.17) is 4.74 Å². The van der Waals surface area contributed by atoms with E-state index in [0.717, 1.165) is 5.56 Å². The molecule has 0 radical (unpaired) electrons. The lowest BCUT2D eigenvalue weighted by molar-refractivity contribution is -0.145. The minimum Gasteiger partial charge on any atom is -0.493 e. The van der Waals surface area contributed by atoms with Gasteiger partial charge in [0, 0.05) is 12.0 Å². The molecule has 2 aromatic rings. The summed E-state index contributed by atoms with van der Waals surface area (Å²) < 4.78 is 18.6. The van der Waals surface area contributed by atoms with Crippen molar-refractivity contribution in [3.8, 4) is 5.75 Å². The fourth-order valence-corrected chi connectivity index (χ4v) is 2.89. The molecule has 21 heavy (non-hydrogen) atoms. The van der Waals surface area contributed by atoms with Crippen molar-refractivity contribution >= 4 is 5.97 Å². The Kier molecular flexibility index (Phi) is 3.37. The summed E-state index contributed by atoms with van der Waals surface area (Å²) in [5.74, 6) is -0.577. The molecule has 3 rings (SSSR count). The van der Waals surface area contributed by atoms with Crippen LogP contribution in [0.25, 0.3) is 0 Å².